The minimum atomic E-state index is -0.384. The lowest BCUT2D eigenvalue weighted by Crippen LogP contribution is -2.08. The van der Waals surface area contributed by atoms with Gasteiger partial charge < -0.3 is 5.11 Å². The first-order chi connectivity index (χ1) is 4.22. The Balaban J connectivity index is 2.94. The maximum Gasteiger partial charge on any atom is 0.106 e. The van der Waals surface area contributed by atoms with Gasteiger partial charge in [0.05, 0.1) is 0 Å². The topological polar surface area (TPSA) is 66.7 Å². The molecule has 0 atom stereocenters. The molecule has 0 fully saturated rings. The molecular formula is C4H7N4O-. The highest BCUT2D eigenvalue weighted by Gasteiger charge is 1.97. The molecule has 0 saturated heterocycles. The van der Waals surface area contributed by atoms with Crippen LogP contribution in [0.2, 0.25) is 0 Å². The van der Waals surface area contributed by atoms with E-state index in [1.165, 1.54) is 4.68 Å². The maximum absolute atomic E-state index is 10.6. The molecule has 1 aromatic heterocycles. The summed E-state index contributed by atoms with van der Waals surface area (Å²) in [6, 6.07) is -0.336. The van der Waals surface area contributed by atoms with Crippen LogP contribution < -0.4 is 5.11 Å². The molecule has 1 heterocycles. The van der Waals surface area contributed by atoms with Crippen LogP contribution in [0.1, 0.15) is 19.9 Å². The minimum Gasteiger partial charge on any atom is -0.843 e. The quantitative estimate of drug-likeness (QED) is 0.501. The highest BCUT2D eigenvalue weighted by Crippen LogP contribution is 2.04. The highest BCUT2D eigenvalue weighted by molar-refractivity contribution is 4.81. The number of aromatic nitrogens is 4. The number of rotatable bonds is 1. The molecule has 5 heteroatoms. The number of hydrogen-bond donors (Lipinski definition) is 0. The molecule has 1 rings (SSSR count). The number of nitrogens with zero attached hydrogens (tertiary/aromatic N) is 4. The second-order valence-electron chi connectivity index (χ2n) is 2.00. The molecule has 5 nitrogen and oxygen atoms in total. The van der Waals surface area contributed by atoms with Crippen molar-refractivity contribution in [2.45, 2.75) is 19.9 Å². The fourth-order valence-electron chi connectivity index (χ4n) is 0.510. The lowest BCUT2D eigenvalue weighted by atomic mass is 10.4. The summed E-state index contributed by atoms with van der Waals surface area (Å²) in [5.74, 6) is 0. The van der Waals surface area contributed by atoms with Crippen molar-refractivity contribution in [2.24, 2.45) is 0 Å². The van der Waals surface area contributed by atoms with Crippen LogP contribution in [0.3, 0.4) is 0 Å². The van der Waals surface area contributed by atoms with Crippen molar-refractivity contribution in [1.29, 1.82) is 0 Å². The van der Waals surface area contributed by atoms with Gasteiger partial charge in [-0.1, -0.05) is 0 Å². The predicted molar refractivity (Wildman–Crippen MR) is 27.6 cm³/mol. The molecule has 0 amide bonds. The fraction of sp³-hybridized carbons (Fsp3) is 0.750. The largest absolute Gasteiger partial charge is 0.843 e. The summed E-state index contributed by atoms with van der Waals surface area (Å²) in [6.45, 7) is 3.69. The van der Waals surface area contributed by atoms with Gasteiger partial charge in [0.1, 0.15) is 6.01 Å². The second kappa shape index (κ2) is 2.00. The van der Waals surface area contributed by atoms with Crippen molar-refractivity contribution < 1.29 is 5.11 Å². The van der Waals surface area contributed by atoms with E-state index in [4.69, 9.17) is 0 Å². The third kappa shape index (κ3) is 0.984. The molecule has 50 valence electrons. The van der Waals surface area contributed by atoms with E-state index in [1.54, 1.807) is 0 Å². The van der Waals surface area contributed by atoms with Crippen LogP contribution in [0, 0.1) is 0 Å². The first-order valence-electron chi connectivity index (χ1n) is 2.66. The van der Waals surface area contributed by atoms with E-state index in [0.29, 0.717) is 0 Å². The Morgan fingerprint density at radius 2 is 2.22 bits per heavy atom. The second-order valence-corrected chi connectivity index (χ2v) is 2.00. The Bertz CT molecular complexity index is 194. The van der Waals surface area contributed by atoms with Crippen LogP contribution in [0.15, 0.2) is 0 Å². The summed E-state index contributed by atoms with van der Waals surface area (Å²) < 4.78 is 1.22. The maximum atomic E-state index is 10.6. The van der Waals surface area contributed by atoms with Crippen molar-refractivity contribution in [3.63, 3.8) is 0 Å². The van der Waals surface area contributed by atoms with E-state index in [1.807, 2.05) is 13.8 Å². The van der Waals surface area contributed by atoms with Gasteiger partial charge in [0.25, 0.3) is 0 Å². The molecule has 0 bridgehead atoms. The Hall–Kier alpha value is -1.13. The Morgan fingerprint density at radius 1 is 1.56 bits per heavy atom. The predicted octanol–water partition coefficient (Wildman–Crippen LogP) is -0.672. The summed E-state index contributed by atoms with van der Waals surface area (Å²) in [5.41, 5.74) is 0. The van der Waals surface area contributed by atoms with E-state index < -0.39 is 0 Å². The van der Waals surface area contributed by atoms with E-state index in [-0.39, 0.29) is 12.1 Å². The van der Waals surface area contributed by atoms with Gasteiger partial charge >= 0.3 is 0 Å². The first-order valence-corrected chi connectivity index (χ1v) is 2.66. The van der Waals surface area contributed by atoms with Crippen molar-refractivity contribution >= 4 is 0 Å². The normalized spacial score (nSPS) is 10.6. The fourth-order valence-corrected chi connectivity index (χ4v) is 0.510. The van der Waals surface area contributed by atoms with Crippen molar-refractivity contribution in [2.75, 3.05) is 0 Å². The number of tetrazole rings is 1. The molecule has 1 aromatic rings. The Labute approximate surface area is 52.3 Å². The molecule has 9 heavy (non-hydrogen) atoms. The van der Waals surface area contributed by atoms with Crippen LogP contribution >= 0.6 is 0 Å². The van der Waals surface area contributed by atoms with Crippen molar-refractivity contribution in [1.82, 2.24) is 20.2 Å². The van der Waals surface area contributed by atoms with Gasteiger partial charge in [-0.3, -0.25) is 0 Å². The lowest BCUT2D eigenvalue weighted by molar-refractivity contribution is -0.287. The van der Waals surface area contributed by atoms with Crippen molar-refractivity contribution in [3.05, 3.63) is 0 Å². The standard InChI is InChI=1S/C4H8N4O/c1-3(2)8-4(9)5-6-7-8/h3H,1-2H3,(H,5,7,9)/p-1. The average Bonchev–Trinajstić information content (AvgIpc) is 2.13. The Kier molecular flexibility index (Phi) is 1.33. The summed E-state index contributed by atoms with van der Waals surface area (Å²) in [6.07, 6.45) is 0. The van der Waals surface area contributed by atoms with E-state index >= 15 is 0 Å². The molecule has 0 spiro atoms. The minimum absolute atomic E-state index is 0.0486. The molecule has 0 aliphatic rings. The van der Waals surface area contributed by atoms with Gasteiger partial charge in [0.15, 0.2) is 0 Å². The van der Waals surface area contributed by atoms with Crippen LogP contribution in [0.4, 0.5) is 0 Å². The van der Waals surface area contributed by atoms with Gasteiger partial charge in [-0.25, -0.2) is 4.68 Å². The molecule has 0 radical (unpaired) electrons. The highest BCUT2D eigenvalue weighted by atomic mass is 16.3. The molecular weight excluding hydrogens is 120 g/mol. The van der Waals surface area contributed by atoms with Crippen molar-refractivity contribution in [3.8, 4) is 6.01 Å². The van der Waals surface area contributed by atoms with Gasteiger partial charge in [0.2, 0.25) is 0 Å². The summed E-state index contributed by atoms with van der Waals surface area (Å²) >= 11 is 0. The van der Waals surface area contributed by atoms with E-state index in [0.717, 1.165) is 0 Å². The first kappa shape index (κ1) is 6.00. The summed E-state index contributed by atoms with van der Waals surface area (Å²) in [4.78, 5) is 0. The average molecular weight is 127 g/mol. The van der Waals surface area contributed by atoms with Gasteiger partial charge in [0, 0.05) is 6.04 Å². The van der Waals surface area contributed by atoms with Crippen LogP contribution in [-0.2, 0) is 0 Å². The van der Waals surface area contributed by atoms with Crippen LogP contribution in [-0.4, -0.2) is 20.2 Å². The van der Waals surface area contributed by atoms with Gasteiger partial charge in [-0.15, -0.1) is 5.10 Å². The molecule has 0 aliphatic heterocycles. The SMILES string of the molecule is CC(C)n1nnnc1[O-]. The molecule has 0 aliphatic carbocycles. The van der Waals surface area contributed by atoms with Crippen LogP contribution in [0.25, 0.3) is 0 Å². The zero-order valence-corrected chi connectivity index (χ0v) is 5.27. The van der Waals surface area contributed by atoms with Gasteiger partial charge in [-0.05, 0) is 24.3 Å². The molecule has 0 unspecified atom stereocenters. The zero-order valence-electron chi connectivity index (χ0n) is 5.27. The van der Waals surface area contributed by atoms with Crippen LogP contribution in [0.5, 0.6) is 6.01 Å². The van der Waals surface area contributed by atoms with E-state index in [2.05, 4.69) is 15.5 Å². The zero-order chi connectivity index (χ0) is 6.85. The summed E-state index contributed by atoms with van der Waals surface area (Å²) in [7, 11) is 0. The third-order valence-electron chi connectivity index (χ3n) is 0.952. The third-order valence-corrected chi connectivity index (χ3v) is 0.952. The number of hydrogen-bond acceptors (Lipinski definition) is 4. The summed E-state index contributed by atoms with van der Waals surface area (Å²) in [5, 5.41) is 20.4. The lowest BCUT2D eigenvalue weighted by Gasteiger charge is -2.08. The monoisotopic (exact) mass is 127 g/mol. The van der Waals surface area contributed by atoms with E-state index in [9.17, 15) is 5.11 Å². The smallest absolute Gasteiger partial charge is 0.106 e. The Morgan fingerprint density at radius 3 is 2.44 bits per heavy atom. The van der Waals surface area contributed by atoms with Gasteiger partial charge in [-0.2, -0.15) is 0 Å². The molecule has 0 N–H and O–H groups in total. The molecule has 0 aromatic carbocycles. The molecule has 0 saturated carbocycles.